The number of carboxylic acids is 1. The van der Waals surface area contributed by atoms with E-state index in [1.54, 1.807) is 0 Å². The van der Waals surface area contributed by atoms with Crippen molar-refractivity contribution in [3.63, 3.8) is 0 Å². The summed E-state index contributed by atoms with van der Waals surface area (Å²) in [7, 11) is 0. The third kappa shape index (κ3) is 5.17. The number of amides is 2. The third-order valence-electron chi connectivity index (χ3n) is 5.35. The van der Waals surface area contributed by atoms with Gasteiger partial charge in [0, 0.05) is 19.0 Å². The van der Waals surface area contributed by atoms with Crippen LogP contribution in [0.25, 0.3) is 11.1 Å². The zero-order chi connectivity index (χ0) is 23.2. The Hall–Kier alpha value is -4.21. The Bertz CT molecular complexity index is 1130. The van der Waals surface area contributed by atoms with E-state index in [9.17, 15) is 14.4 Å². The number of ether oxygens (including phenoxy) is 1. The minimum absolute atomic E-state index is 0.00433. The van der Waals surface area contributed by atoms with Gasteiger partial charge in [0.1, 0.15) is 6.61 Å². The monoisotopic (exact) mass is 449 g/mol. The third-order valence-corrected chi connectivity index (χ3v) is 5.35. The summed E-state index contributed by atoms with van der Waals surface area (Å²) in [5, 5.41) is 21.3. The zero-order valence-electron chi connectivity index (χ0n) is 17.7. The summed E-state index contributed by atoms with van der Waals surface area (Å²) >= 11 is 0. The van der Waals surface area contributed by atoms with Crippen molar-refractivity contribution in [1.82, 2.24) is 25.6 Å². The van der Waals surface area contributed by atoms with Crippen LogP contribution >= 0.6 is 0 Å². The average molecular weight is 449 g/mol. The fourth-order valence-corrected chi connectivity index (χ4v) is 3.81. The summed E-state index contributed by atoms with van der Waals surface area (Å²) in [5.74, 6) is -1.52. The Morgan fingerprint density at radius 1 is 0.970 bits per heavy atom. The van der Waals surface area contributed by atoms with E-state index in [4.69, 9.17) is 9.84 Å². The number of aliphatic carboxylic acids is 1. The van der Waals surface area contributed by atoms with E-state index in [1.807, 2.05) is 24.3 Å². The largest absolute Gasteiger partial charge is 0.481 e. The minimum atomic E-state index is -1.00. The Labute approximate surface area is 189 Å². The quantitative estimate of drug-likeness (QED) is 0.455. The lowest BCUT2D eigenvalue weighted by atomic mass is 9.98. The van der Waals surface area contributed by atoms with Crippen LogP contribution in [0.1, 0.15) is 34.0 Å². The molecule has 1 aromatic heterocycles. The van der Waals surface area contributed by atoms with Crippen molar-refractivity contribution < 1.29 is 24.2 Å². The Morgan fingerprint density at radius 3 is 2.30 bits per heavy atom. The molecule has 2 amide bonds. The summed E-state index contributed by atoms with van der Waals surface area (Å²) in [6.45, 7) is 0.758. The number of aromatic nitrogens is 3. The van der Waals surface area contributed by atoms with Gasteiger partial charge in [0.2, 0.25) is 0 Å². The van der Waals surface area contributed by atoms with Gasteiger partial charge in [0.15, 0.2) is 5.69 Å². The highest BCUT2D eigenvalue weighted by Gasteiger charge is 2.28. The molecule has 170 valence electrons. The molecule has 2 aromatic carbocycles. The number of fused-ring (bicyclic) bond motifs is 3. The van der Waals surface area contributed by atoms with Crippen molar-refractivity contribution in [3.05, 3.63) is 71.5 Å². The molecule has 0 aliphatic heterocycles. The van der Waals surface area contributed by atoms with Crippen LogP contribution < -0.4 is 10.6 Å². The van der Waals surface area contributed by atoms with Crippen LogP contribution in [-0.2, 0) is 16.1 Å². The summed E-state index contributed by atoms with van der Waals surface area (Å²) < 4.78 is 6.89. The van der Waals surface area contributed by atoms with Gasteiger partial charge in [0.25, 0.3) is 5.91 Å². The Morgan fingerprint density at radius 2 is 1.64 bits per heavy atom. The molecule has 4 rings (SSSR count). The number of carbonyl (C=O) groups excluding carboxylic acids is 2. The Kier molecular flexibility index (Phi) is 6.63. The molecule has 3 aromatic rings. The first-order valence-corrected chi connectivity index (χ1v) is 10.5. The molecule has 0 atom stereocenters. The van der Waals surface area contributed by atoms with E-state index in [0.29, 0.717) is 6.54 Å². The van der Waals surface area contributed by atoms with Crippen molar-refractivity contribution in [2.45, 2.75) is 18.9 Å². The first-order valence-electron chi connectivity index (χ1n) is 10.5. The van der Waals surface area contributed by atoms with Crippen molar-refractivity contribution in [2.24, 2.45) is 0 Å². The topological polar surface area (TPSA) is 135 Å². The lowest BCUT2D eigenvalue weighted by Gasteiger charge is -2.14. The molecular formula is C23H23N5O5. The molecule has 0 spiro atoms. The van der Waals surface area contributed by atoms with Crippen molar-refractivity contribution in [1.29, 1.82) is 0 Å². The molecule has 3 N–H and O–H groups in total. The molecule has 33 heavy (non-hydrogen) atoms. The maximum absolute atomic E-state index is 12.2. The molecule has 0 saturated carbocycles. The molecular weight excluding hydrogens is 426 g/mol. The second-order valence-electron chi connectivity index (χ2n) is 7.52. The van der Waals surface area contributed by atoms with Crippen molar-refractivity contribution >= 4 is 18.0 Å². The van der Waals surface area contributed by atoms with Crippen LogP contribution in [0, 0.1) is 0 Å². The summed E-state index contributed by atoms with van der Waals surface area (Å²) in [4.78, 5) is 34.6. The van der Waals surface area contributed by atoms with Gasteiger partial charge in [0.05, 0.1) is 19.2 Å². The molecule has 10 nitrogen and oxygen atoms in total. The van der Waals surface area contributed by atoms with Crippen molar-refractivity contribution in [3.8, 4) is 11.1 Å². The number of alkyl carbamates (subject to hydrolysis) is 1. The highest BCUT2D eigenvalue weighted by atomic mass is 16.5. The van der Waals surface area contributed by atoms with Crippen LogP contribution in [0.2, 0.25) is 0 Å². The maximum atomic E-state index is 12.2. The molecule has 0 fully saturated rings. The second kappa shape index (κ2) is 9.94. The maximum Gasteiger partial charge on any atom is 0.407 e. The summed E-state index contributed by atoms with van der Waals surface area (Å²) in [6, 6.07) is 16.2. The number of nitrogens with zero attached hydrogens (tertiary/aromatic N) is 3. The van der Waals surface area contributed by atoms with Gasteiger partial charge in [-0.05, 0) is 22.3 Å². The second-order valence-corrected chi connectivity index (χ2v) is 7.52. The van der Waals surface area contributed by atoms with Crippen LogP contribution in [0.4, 0.5) is 4.79 Å². The number of hydrogen-bond acceptors (Lipinski definition) is 6. The van der Waals surface area contributed by atoms with Crippen LogP contribution in [0.5, 0.6) is 0 Å². The minimum Gasteiger partial charge on any atom is -0.481 e. The average Bonchev–Trinajstić information content (AvgIpc) is 3.40. The fourth-order valence-electron chi connectivity index (χ4n) is 3.81. The lowest BCUT2D eigenvalue weighted by Crippen LogP contribution is -2.29. The van der Waals surface area contributed by atoms with Gasteiger partial charge in [-0.1, -0.05) is 53.7 Å². The number of carbonyl (C=O) groups is 3. The summed E-state index contributed by atoms with van der Waals surface area (Å²) in [6.07, 6.45) is 0.711. The van der Waals surface area contributed by atoms with E-state index in [0.717, 1.165) is 22.3 Å². The molecule has 0 saturated heterocycles. The number of benzene rings is 2. The predicted octanol–water partition coefficient (Wildman–Crippen LogP) is 2.02. The van der Waals surface area contributed by atoms with Gasteiger partial charge in [-0.2, -0.15) is 0 Å². The zero-order valence-corrected chi connectivity index (χ0v) is 17.7. The van der Waals surface area contributed by atoms with Gasteiger partial charge < -0.3 is 20.5 Å². The van der Waals surface area contributed by atoms with E-state index in [2.05, 4.69) is 45.2 Å². The molecule has 1 heterocycles. The molecule has 1 aliphatic carbocycles. The molecule has 1 aliphatic rings. The van der Waals surface area contributed by atoms with Gasteiger partial charge in [-0.3, -0.25) is 9.59 Å². The SMILES string of the molecule is O=C(O)CCNC(=O)c1cn(CCNC(=O)OCC2c3ccccc3-c3ccccc32)nn1. The molecule has 0 bridgehead atoms. The number of hydrogen-bond donors (Lipinski definition) is 3. The van der Waals surface area contributed by atoms with Gasteiger partial charge in [-0.15, -0.1) is 5.10 Å². The van der Waals surface area contributed by atoms with Gasteiger partial charge >= 0.3 is 12.1 Å². The van der Waals surface area contributed by atoms with Crippen LogP contribution in [-0.4, -0.2) is 57.8 Å². The van der Waals surface area contributed by atoms with E-state index >= 15 is 0 Å². The van der Waals surface area contributed by atoms with Crippen molar-refractivity contribution in [2.75, 3.05) is 19.7 Å². The lowest BCUT2D eigenvalue weighted by molar-refractivity contribution is -0.136. The number of carboxylic acid groups (broad SMARTS) is 1. The first kappa shape index (κ1) is 22.0. The van der Waals surface area contributed by atoms with Gasteiger partial charge in [-0.25, -0.2) is 9.48 Å². The molecule has 0 unspecified atom stereocenters. The highest BCUT2D eigenvalue weighted by molar-refractivity contribution is 5.92. The first-order chi connectivity index (χ1) is 16.0. The smallest absolute Gasteiger partial charge is 0.407 e. The van der Waals surface area contributed by atoms with E-state index in [1.165, 1.54) is 10.9 Å². The van der Waals surface area contributed by atoms with E-state index < -0.39 is 18.0 Å². The standard InChI is InChI=1S/C23H23N5O5/c29-21(30)9-10-24-22(31)20-13-28(27-26-20)12-11-25-23(32)33-14-19-17-7-3-1-5-15(17)16-6-2-4-8-18(16)19/h1-8,13,19H,9-12,14H2,(H,24,31)(H,25,32)(H,29,30). The molecule has 0 radical (unpaired) electrons. The van der Waals surface area contributed by atoms with Crippen LogP contribution in [0.15, 0.2) is 54.7 Å². The van der Waals surface area contributed by atoms with E-state index in [-0.39, 0.29) is 37.7 Å². The van der Waals surface area contributed by atoms with Crippen LogP contribution in [0.3, 0.4) is 0 Å². The number of rotatable bonds is 9. The predicted molar refractivity (Wildman–Crippen MR) is 118 cm³/mol. The fraction of sp³-hybridized carbons (Fsp3) is 0.261. The summed E-state index contributed by atoms with van der Waals surface area (Å²) in [5.41, 5.74) is 4.68. The normalized spacial score (nSPS) is 12.0. The Balaban J connectivity index is 1.24. The molecule has 10 heteroatoms. The number of nitrogens with one attached hydrogen (secondary N) is 2. The highest BCUT2D eigenvalue weighted by Crippen LogP contribution is 2.44.